The lowest BCUT2D eigenvalue weighted by atomic mass is 10.1. The topological polar surface area (TPSA) is 32.5 Å². The normalized spacial score (nSPS) is 31.5. The Balaban J connectivity index is 1.87. The summed E-state index contributed by atoms with van der Waals surface area (Å²) in [6, 6.07) is 2.23. The number of nitrogens with zero attached hydrogens (tertiary/aromatic N) is 2. The lowest BCUT2D eigenvalue weighted by molar-refractivity contribution is 0.171. The van der Waals surface area contributed by atoms with Crippen molar-refractivity contribution in [1.82, 2.24) is 9.80 Å². The van der Waals surface area contributed by atoms with Crippen molar-refractivity contribution in [2.45, 2.75) is 50.7 Å². The Labute approximate surface area is 116 Å². The highest BCUT2D eigenvalue weighted by molar-refractivity contribution is 7.99. The van der Waals surface area contributed by atoms with Crippen LogP contribution in [0.2, 0.25) is 0 Å². The van der Waals surface area contributed by atoms with E-state index < -0.39 is 0 Å². The quantitative estimate of drug-likeness (QED) is 0.744. The van der Waals surface area contributed by atoms with Gasteiger partial charge in [0.1, 0.15) is 0 Å². The Morgan fingerprint density at radius 3 is 2.78 bits per heavy atom. The average Bonchev–Trinajstić information content (AvgIpc) is 2.60. The average molecular weight is 271 g/mol. The predicted octanol–water partition coefficient (Wildman–Crippen LogP) is 1.63. The van der Waals surface area contributed by atoms with Gasteiger partial charge in [-0.2, -0.15) is 11.8 Å². The van der Waals surface area contributed by atoms with Crippen molar-refractivity contribution in [3.05, 3.63) is 0 Å². The van der Waals surface area contributed by atoms with Crippen molar-refractivity contribution in [1.29, 1.82) is 0 Å². The summed E-state index contributed by atoms with van der Waals surface area (Å²) in [7, 11) is 2.32. The molecule has 2 N–H and O–H groups in total. The van der Waals surface area contributed by atoms with Crippen LogP contribution >= 0.6 is 11.8 Å². The number of rotatable bonds is 6. The number of hydrogen-bond donors (Lipinski definition) is 1. The van der Waals surface area contributed by atoms with Crippen LogP contribution < -0.4 is 5.73 Å². The monoisotopic (exact) mass is 271 g/mol. The molecule has 2 aliphatic heterocycles. The van der Waals surface area contributed by atoms with Gasteiger partial charge in [0, 0.05) is 37.8 Å². The van der Waals surface area contributed by atoms with E-state index in [0.717, 1.165) is 18.6 Å². The van der Waals surface area contributed by atoms with Gasteiger partial charge in [0.05, 0.1) is 0 Å². The summed E-state index contributed by atoms with van der Waals surface area (Å²) in [5.74, 6) is 2.49. The van der Waals surface area contributed by atoms with Crippen molar-refractivity contribution in [3.63, 3.8) is 0 Å². The smallest absolute Gasteiger partial charge is 0.0226 e. The molecule has 3 atom stereocenters. The summed E-state index contributed by atoms with van der Waals surface area (Å²) in [5.41, 5.74) is 6.01. The van der Waals surface area contributed by atoms with Gasteiger partial charge < -0.3 is 5.73 Å². The molecule has 0 amide bonds. The zero-order chi connectivity index (χ0) is 13.0. The van der Waals surface area contributed by atoms with Crippen molar-refractivity contribution < 1.29 is 0 Å². The molecular weight excluding hydrogens is 242 g/mol. The van der Waals surface area contributed by atoms with Crippen LogP contribution in [0.25, 0.3) is 0 Å². The standard InChI is InChI=1S/C14H29N3S/c1-3-18-9-7-13(10-15)17-8-6-12-4-5-14(11-17)16(12)2/h12-14H,3-11,15H2,1-2H3. The van der Waals surface area contributed by atoms with Crippen LogP contribution in [0.1, 0.15) is 32.6 Å². The first-order chi connectivity index (χ1) is 8.76. The largest absolute Gasteiger partial charge is 0.329 e. The van der Waals surface area contributed by atoms with Crippen LogP contribution in [0.3, 0.4) is 0 Å². The fraction of sp³-hybridized carbons (Fsp3) is 1.00. The molecule has 0 aromatic heterocycles. The highest BCUT2D eigenvalue weighted by Crippen LogP contribution is 2.29. The molecule has 2 bridgehead atoms. The summed E-state index contributed by atoms with van der Waals surface area (Å²) in [4.78, 5) is 5.30. The van der Waals surface area contributed by atoms with E-state index in [9.17, 15) is 0 Å². The Morgan fingerprint density at radius 2 is 2.06 bits per heavy atom. The molecule has 2 saturated heterocycles. The number of likely N-dealkylation sites (N-methyl/N-ethyl adjacent to an activating group) is 1. The molecule has 0 aliphatic carbocycles. The zero-order valence-corrected chi connectivity index (χ0v) is 12.8. The molecule has 18 heavy (non-hydrogen) atoms. The molecule has 2 fully saturated rings. The second kappa shape index (κ2) is 7.13. The molecule has 0 aromatic rings. The SMILES string of the molecule is CCSCCC(CN)N1CCC2CCC(C1)N2C. The maximum absolute atomic E-state index is 6.01. The molecule has 2 heterocycles. The second-order valence-electron chi connectivity index (χ2n) is 5.71. The number of thioether (sulfide) groups is 1. The molecule has 0 aromatic carbocycles. The van der Waals surface area contributed by atoms with Gasteiger partial charge in [-0.1, -0.05) is 6.92 Å². The van der Waals surface area contributed by atoms with E-state index in [-0.39, 0.29) is 0 Å². The molecule has 0 saturated carbocycles. The minimum Gasteiger partial charge on any atom is -0.329 e. The van der Waals surface area contributed by atoms with Crippen LogP contribution in [0.5, 0.6) is 0 Å². The molecule has 0 radical (unpaired) electrons. The summed E-state index contributed by atoms with van der Waals surface area (Å²) >= 11 is 2.04. The fourth-order valence-corrected chi connectivity index (χ4v) is 4.21. The minimum atomic E-state index is 0.608. The van der Waals surface area contributed by atoms with Gasteiger partial charge in [-0.15, -0.1) is 0 Å². The predicted molar refractivity (Wildman–Crippen MR) is 81.2 cm³/mol. The van der Waals surface area contributed by atoms with E-state index in [4.69, 9.17) is 5.73 Å². The summed E-state index contributed by atoms with van der Waals surface area (Å²) < 4.78 is 0. The van der Waals surface area contributed by atoms with Gasteiger partial charge in [0.25, 0.3) is 0 Å². The number of likely N-dealkylation sites (tertiary alicyclic amines) is 1. The van der Waals surface area contributed by atoms with Crippen molar-refractivity contribution in [2.24, 2.45) is 5.73 Å². The zero-order valence-electron chi connectivity index (χ0n) is 12.0. The molecule has 4 heteroatoms. The van der Waals surface area contributed by atoms with Gasteiger partial charge in [0.15, 0.2) is 0 Å². The third-order valence-electron chi connectivity index (χ3n) is 4.77. The van der Waals surface area contributed by atoms with E-state index in [1.54, 1.807) is 0 Å². The first-order valence-corrected chi connectivity index (χ1v) is 8.65. The van der Waals surface area contributed by atoms with Gasteiger partial charge in [-0.05, 0) is 44.2 Å². The Hall–Kier alpha value is 0.230. The molecule has 0 spiro atoms. The van der Waals surface area contributed by atoms with E-state index in [1.807, 2.05) is 11.8 Å². The van der Waals surface area contributed by atoms with Crippen LogP contribution in [-0.2, 0) is 0 Å². The fourth-order valence-electron chi connectivity index (χ4n) is 3.48. The van der Waals surface area contributed by atoms with Gasteiger partial charge in [-0.25, -0.2) is 0 Å². The number of hydrogen-bond acceptors (Lipinski definition) is 4. The van der Waals surface area contributed by atoms with Crippen LogP contribution in [0.4, 0.5) is 0 Å². The van der Waals surface area contributed by atoms with E-state index in [2.05, 4.69) is 23.8 Å². The molecule has 2 rings (SSSR count). The highest BCUT2D eigenvalue weighted by Gasteiger charge is 2.36. The third-order valence-corrected chi connectivity index (χ3v) is 5.70. The van der Waals surface area contributed by atoms with Crippen molar-refractivity contribution in [2.75, 3.05) is 38.2 Å². The van der Waals surface area contributed by atoms with Crippen LogP contribution in [0, 0.1) is 0 Å². The minimum absolute atomic E-state index is 0.608. The Kier molecular flexibility index (Phi) is 5.80. The van der Waals surface area contributed by atoms with Crippen molar-refractivity contribution in [3.8, 4) is 0 Å². The lowest BCUT2D eigenvalue weighted by Gasteiger charge is -2.32. The second-order valence-corrected chi connectivity index (χ2v) is 7.10. The summed E-state index contributed by atoms with van der Waals surface area (Å²) in [6.45, 7) is 5.56. The van der Waals surface area contributed by atoms with Gasteiger partial charge >= 0.3 is 0 Å². The van der Waals surface area contributed by atoms with E-state index in [0.29, 0.717) is 6.04 Å². The van der Waals surface area contributed by atoms with Gasteiger partial charge in [-0.3, -0.25) is 9.80 Å². The highest BCUT2D eigenvalue weighted by atomic mass is 32.2. The molecular formula is C14H29N3S. The van der Waals surface area contributed by atoms with Crippen LogP contribution in [0.15, 0.2) is 0 Å². The Bertz CT molecular complexity index is 249. The molecule has 3 nitrogen and oxygen atoms in total. The third kappa shape index (κ3) is 3.41. The molecule has 106 valence electrons. The Morgan fingerprint density at radius 1 is 1.28 bits per heavy atom. The summed E-state index contributed by atoms with van der Waals surface area (Å²) in [6.07, 6.45) is 5.40. The van der Waals surface area contributed by atoms with E-state index in [1.165, 1.54) is 50.3 Å². The first-order valence-electron chi connectivity index (χ1n) is 7.50. The maximum Gasteiger partial charge on any atom is 0.0226 e. The molecule has 2 aliphatic rings. The van der Waals surface area contributed by atoms with Gasteiger partial charge in [0.2, 0.25) is 0 Å². The number of nitrogens with two attached hydrogens (primary N) is 1. The number of fused-ring (bicyclic) bond motifs is 2. The molecule has 3 unspecified atom stereocenters. The van der Waals surface area contributed by atoms with Crippen LogP contribution in [-0.4, -0.2) is 66.1 Å². The first kappa shape index (κ1) is 14.6. The van der Waals surface area contributed by atoms with E-state index >= 15 is 0 Å². The lowest BCUT2D eigenvalue weighted by Crippen LogP contribution is -2.45. The van der Waals surface area contributed by atoms with Crippen molar-refractivity contribution >= 4 is 11.8 Å². The maximum atomic E-state index is 6.01. The summed E-state index contributed by atoms with van der Waals surface area (Å²) in [5, 5.41) is 0.